The van der Waals surface area contributed by atoms with E-state index in [9.17, 15) is 5.11 Å². The van der Waals surface area contributed by atoms with Crippen molar-refractivity contribution >= 4 is 0 Å². The predicted octanol–water partition coefficient (Wildman–Crippen LogP) is 4.96. The van der Waals surface area contributed by atoms with E-state index in [-0.39, 0.29) is 12.6 Å². The van der Waals surface area contributed by atoms with E-state index in [0.717, 1.165) is 28.1 Å². The van der Waals surface area contributed by atoms with Crippen molar-refractivity contribution in [2.75, 3.05) is 19.8 Å². The number of rotatable bonds is 12. The highest BCUT2D eigenvalue weighted by Gasteiger charge is 2.24. The third kappa shape index (κ3) is 6.78. The van der Waals surface area contributed by atoms with Crippen molar-refractivity contribution in [3.63, 3.8) is 0 Å². The molecule has 1 heterocycles. The minimum atomic E-state index is -0.606. The van der Waals surface area contributed by atoms with Crippen LogP contribution in [0.4, 0.5) is 0 Å². The summed E-state index contributed by atoms with van der Waals surface area (Å²) in [5.41, 5.74) is 4.02. The van der Waals surface area contributed by atoms with E-state index in [4.69, 9.17) is 14.6 Å². The fourth-order valence-electron chi connectivity index (χ4n) is 3.71. The third-order valence-corrected chi connectivity index (χ3v) is 5.42. The number of nitrogens with zero attached hydrogens (tertiary/aromatic N) is 3. The Kier molecular flexibility index (Phi) is 8.83. The molecule has 3 aromatic rings. The van der Waals surface area contributed by atoms with Gasteiger partial charge >= 0.3 is 0 Å². The summed E-state index contributed by atoms with van der Waals surface area (Å²) in [6, 6.07) is 18.3. The molecular formula is C27H35N3O3. The molecule has 0 saturated heterocycles. The maximum absolute atomic E-state index is 10.5. The van der Waals surface area contributed by atoms with E-state index in [1.807, 2.05) is 56.4 Å². The van der Waals surface area contributed by atoms with Gasteiger partial charge in [0.25, 0.3) is 0 Å². The number of aliphatic hydroxyl groups excluding tert-OH is 1. The molecule has 0 amide bonds. The Morgan fingerprint density at radius 3 is 2.58 bits per heavy atom. The summed E-state index contributed by atoms with van der Waals surface area (Å²) in [5.74, 6) is 1.47. The van der Waals surface area contributed by atoms with Crippen LogP contribution in [-0.4, -0.2) is 51.7 Å². The number of hydrogen-bond donors (Lipinski definition) is 1. The molecule has 0 spiro atoms. The summed E-state index contributed by atoms with van der Waals surface area (Å²) < 4.78 is 13.6. The summed E-state index contributed by atoms with van der Waals surface area (Å²) in [7, 11) is 1.90. The van der Waals surface area contributed by atoms with Crippen molar-refractivity contribution in [3.05, 3.63) is 78.4 Å². The van der Waals surface area contributed by atoms with Crippen molar-refractivity contribution < 1.29 is 14.6 Å². The van der Waals surface area contributed by atoms with Crippen LogP contribution in [-0.2, 0) is 18.3 Å². The highest BCUT2D eigenvalue weighted by Crippen LogP contribution is 2.34. The van der Waals surface area contributed by atoms with Crippen LogP contribution in [0.25, 0.3) is 11.3 Å². The smallest absolute Gasteiger partial charge is 0.222 e. The highest BCUT2D eigenvalue weighted by atomic mass is 16.5. The number of benzene rings is 2. The van der Waals surface area contributed by atoms with Crippen molar-refractivity contribution in [1.82, 2.24) is 14.7 Å². The number of ether oxygens (including phenoxy) is 2. The normalized spacial score (nSPS) is 12.3. The Balaban J connectivity index is 1.95. The second-order valence-electron chi connectivity index (χ2n) is 8.54. The monoisotopic (exact) mass is 449 g/mol. The number of hydrogen-bond acceptors (Lipinski definition) is 5. The summed E-state index contributed by atoms with van der Waals surface area (Å²) in [6.07, 6.45) is 1.08. The molecule has 0 aliphatic carbocycles. The maximum atomic E-state index is 10.5. The van der Waals surface area contributed by atoms with E-state index in [1.54, 1.807) is 10.8 Å². The zero-order valence-corrected chi connectivity index (χ0v) is 20.1. The van der Waals surface area contributed by atoms with Crippen LogP contribution in [0.5, 0.6) is 11.6 Å². The summed E-state index contributed by atoms with van der Waals surface area (Å²) in [4.78, 5) is 2.22. The minimum Gasteiger partial charge on any atom is -0.439 e. The van der Waals surface area contributed by atoms with Gasteiger partial charge in [-0.1, -0.05) is 48.5 Å². The summed E-state index contributed by atoms with van der Waals surface area (Å²) >= 11 is 0. The molecular weight excluding hydrogens is 414 g/mol. The second kappa shape index (κ2) is 11.8. The highest BCUT2D eigenvalue weighted by molar-refractivity contribution is 5.65. The summed E-state index contributed by atoms with van der Waals surface area (Å²) in [5, 5.41) is 15.4. The van der Waals surface area contributed by atoms with Crippen LogP contribution in [0.1, 0.15) is 25.0 Å². The first-order chi connectivity index (χ1) is 15.9. The topological polar surface area (TPSA) is 59.8 Å². The molecule has 1 aromatic heterocycles. The van der Waals surface area contributed by atoms with Gasteiger partial charge in [-0.2, -0.15) is 5.10 Å². The van der Waals surface area contributed by atoms with Crippen molar-refractivity contribution in [2.45, 2.75) is 39.5 Å². The Morgan fingerprint density at radius 2 is 1.91 bits per heavy atom. The molecule has 0 saturated carbocycles. The fourth-order valence-corrected chi connectivity index (χ4v) is 3.71. The lowest BCUT2D eigenvalue weighted by atomic mass is 10.1. The number of aliphatic hydroxyl groups is 1. The van der Waals surface area contributed by atoms with Gasteiger partial charge < -0.3 is 14.6 Å². The molecule has 6 heteroatoms. The van der Waals surface area contributed by atoms with Gasteiger partial charge in [-0.15, -0.1) is 6.58 Å². The Hall–Kier alpha value is -2.93. The lowest BCUT2D eigenvalue weighted by Gasteiger charge is -2.29. The van der Waals surface area contributed by atoms with Crippen molar-refractivity contribution in [3.8, 4) is 22.9 Å². The van der Waals surface area contributed by atoms with Gasteiger partial charge in [-0.25, -0.2) is 4.68 Å². The molecule has 6 nitrogen and oxygen atoms in total. The van der Waals surface area contributed by atoms with Gasteiger partial charge in [0.15, 0.2) is 0 Å². The maximum Gasteiger partial charge on any atom is 0.222 e. The van der Waals surface area contributed by atoms with Gasteiger partial charge in [0.1, 0.15) is 11.4 Å². The van der Waals surface area contributed by atoms with Crippen LogP contribution in [0.3, 0.4) is 0 Å². The molecule has 0 radical (unpaired) electrons. The van der Waals surface area contributed by atoms with Crippen LogP contribution in [0.2, 0.25) is 0 Å². The lowest BCUT2D eigenvalue weighted by Crippen LogP contribution is -2.39. The average molecular weight is 450 g/mol. The van der Waals surface area contributed by atoms with Crippen molar-refractivity contribution in [1.29, 1.82) is 0 Å². The quantitative estimate of drug-likeness (QED) is 0.313. The van der Waals surface area contributed by atoms with E-state index < -0.39 is 6.10 Å². The minimum absolute atomic E-state index is 0.203. The molecule has 176 valence electrons. The predicted molar refractivity (Wildman–Crippen MR) is 132 cm³/mol. The Morgan fingerprint density at radius 1 is 1.15 bits per heavy atom. The van der Waals surface area contributed by atoms with Gasteiger partial charge in [-0.3, -0.25) is 4.90 Å². The first kappa shape index (κ1) is 24.7. The van der Waals surface area contributed by atoms with Crippen molar-refractivity contribution in [2.24, 2.45) is 7.05 Å². The van der Waals surface area contributed by atoms with Gasteiger partial charge in [-0.05, 0) is 38.5 Å². The van der Waals surface area contributed by atoms with Crippen LogP contribution < -0.4 is 4.74 Å². The lowest BCUT2D eigenvalue weighted by molar-refractivity contribution is 0.0177. The molecule has 3 rings (SSSR count). The van der Waals surface area contributed by atoms with E-state index >= 15 is 0 Å². The molecule has 0 aliphatic rings. The number of aromatic nitrogens is 2. The van der Waals surface area contributed by atoms with Crippen LogP contribution in [0, 0.1) is 6.92 Å². The molecule has 0 bridgehead atoms. The zero-order valence-electron chi connectivity index (χ0n) is 20.1. The molecule has 0 unspecified atom stereocenters. The van der Waals surface area contributed by atoms with Crippen LogP contribution >= 0.6 is 0 Å². The third-order valence-electron chi connectivity index (χ3n) is 5.42. The molecule has 1 N–H and O–H groups in total. The molecule has 2 aromatic carbocycles. The standard InChI is InChI=1S/C27H35N3O3/c1-6-15-32-19-23(31)17-30(20(2)3)18-25-26(22-12-8-7-9-13-22)28-29(5)27(25)33-24-14-10-11-21(4)16-24/h6-14,16,20,23,31H,1,15,17-19H2,2-5H3/t23-/m1/s1. The first-order valence-corrected chi connectivity index (χ1v) is 11.4. The average Bonchev–Trinajstić information content (AvgIpc) is 3.09. The molecule has 33 heavy (non-hydrogen) atoms. The summed E-state index contributed by atoms with van der Waals surface area (Å²) in [6.45, 7) is 11.7. The first-order valence-electron chi connectivity index (χ1n) is 11.4. The SMILES string of the molecule is C=CCOC[C@H](O)CN(Cc1c(-c2ccccc2)nn(C)c1Oc1cccc(C)c1)C(C)C. The Labute approximate surface area is 197 Å². The van der Waals surface area contributed by atoms with Crippen LogP contribution in [0.15, 0.2) is 67.3 Å². The second-order valence-corrected chi connectivity index (χ2v) is 8.54. The largest absolute Gasteiger partial charge is 0.439 e. The van der Waals surface area contributed by atoms with Gasteiger partial charge in [0, 0.05) is 31.7 Å². The molecule has 0 aliphatic heterocycles. The number of aryl methyl sites for hydroxylation is 2. The van der Waals surface area contributed by atoms with Gasteiger partial charge in [0.05, 0.1) is 24.9 Å². The molecule has 1 atom stereocenters. The van der Waals surface area contributed by atoms with Gasteiger partial charge in [0.2, 0.25) is 5.88 Å². The van der Waals surface area contributed by atoms with E-state index in [2.05, 4.69) is 37.5 Å². The molecule has 0 fully saturated rings. The van der Waals surface area contributed by atoms with E-state index in [0.29, 0.717) is 25.6 Å². The fraction of sp³-hybridized carbons (Fsp3) is 0.370. The zero-order chi connectivity index (χ0) is 23.8. The van der Waals surface area contributed by atoms with E-state index in [1.165, 1.54) is 0 Å². The Bertz CT molecular complexity index is 1030.